The van der Waals surface area contributed by atoms with Gasteiger partial charge in [0.15, 0.2) is 0 Å². The number of nitriles is 1. The highest BCUT2D eigenvalue weighted by molar-refractivity contribution is 8.03. The SMILES string of the molecule is CCOC(=O)CSC1=C(C#N)C(c2ccc(C)cc2)CC(=O)N1. The van der Waals surface area contributed by atoms with Gasteiger partial charge in [0.25, 0.3) is 0 Å². The number of hydrogen-bond donors (Lipinski definition) is 1. The normalized spacial score (nSPS) is 17.4. The van der Waals surface area contributed by atoms with Crippen LogP contribution in [0.1, 0.15) is 30.4 Å². The number of nitrogens with one attached hydrogen (secondary N) is 1. The maximum Gasteiger partial charge on any atom is 0.316 e. The smallest absolute Gasteiger partial charge is 0.316 e. The summed E-state index contributed by atoms with van der Waals surface area (Å²) >= 11 is 1.13. The first-order valence-electron chi connectivity index (χ1n) is 7.34. The molecule has 0 saturated heterocycles. The number of benzene rings is 1. The van der Waals surface area contributed by atoms with E-state index in [0.29, 0.717) is 17.2 Å². The molecule has 2 rings (SSSR count). The molecule has 1 aliphatic heterocycles. The topological polar surface area (TPSA) is 79.2 Å². The Balaban J connectivity index is 2.26. The molecular weight excluding hydrogens is 312 g/mol. The van der Waals surface area contributed by atoms with Crippen LogP contribution in [-0.4, -0.2) is 24.2 Å². The van der Waals surface area contributed by atoms with Crippen molar-refractivity contribution in [2.45, 2.75) is 26.2 Å². The highest BCUT2D eigenvalue weighted by Gasteiger charge is 2.29. The van der Waals surface area contributed by atoms with Gasteiger partial charge in [0.2, 0.25) is 5.91 Å². The molecule has 6 heteroatoms. The highest BCUT2D eigenvalue weighted by Crippen LogP contribution is 2.35. The molecule has 0 saturated carbocycles. The van der Waals surface area contributed by atoms with Gasteiger partial charge in [-0.25, -0.2) is 0 Å². The van der Waals surface area contributed by atoms with Crippen molar-refractivity contribution in [2.24, 2.45) is 0 Å². The fourth-order valence-corrected chi connectivity index (χ4v) is 3.23. The van der Waals surface area contributed by atoms with Crippen LogP contribution < -0.4 is 5.32 Å². The maximum atomic E-state index is 12.0. The molecule has 5 nitrogen and oxygen atoms in total. The van der Waals surface area contributed by atoms with Crippen LogP contribution in [0.4, 0.5) is 0 Å². The predicted octanol–water partition coefficient (Wildman–Crippen LogP) is 2.63. The molecule has 0 fully saturated rings. The lowest BCUT2D eigenvalue weighted by atomic mass is 9.87. The van der Waals surface area contributed by atoms with E-state index in [1.165, 1.54) is 0 Å². The molecule has 1 amide bonds. The third kappa shape index (κ3) is 4.36. The molecule has 1 N–H and O–H groups in total. The van der Waals surface area contributed by atoms with E-state index in [2.05, 4.69) is 11.4 Å². The number of allylic oxidation sites excluding steroid dienone is 1. The van der Waals surface area contributed by atoms with Gasteiger partial charge in [-0.3, -0.25) is 9.59 Å². The minimum Gasteiger partial charge on any atom is -0.465 e. The van der Waals surface area contributed by atoms with Crippen LogP contribution in [0, 0.1) is 18.3 Å². The number of nitrogens with zero attached hydrogens (tertiary/aromatic N) is 1. The van der Waals surface area contributed by atoms with Crippen LogP contribution in [0.2, 0.25) is 0 Å². The van der Waals surface area contributed by atoms with Crippen LogP contribution in [-0.2, 0) is 14.3 Å². The molecule has 0 aromatic heterocycles. The lowest BCUT2D eigenvalue weighted by molar-refractivity contribution is -0.139. The highest BCUT2D eigenvalue weighted by atomic mass is 32.2. The van der Waals surface area contributed by atoms with E-state index in [-0.39, 0.29) is 30.0 Å². The molecule has 1 heterocycles. The van der Waals surface area contributed by atoms with Crippen LogP contribution in [0.25, 0.3) is 0 Å². The standard InChI is InChI=1S/C17H18N2O3S/c1-3-22-16(21)10-23-17-14(9-18)13(8-15(20)19-17)12-6-4-11(2)5-7-12/h4-7,13H,3,8,10H2,1-2H3,(H,19,20). The number of amides is 1. The second-order valence-corrected chi connectivity index (χ2v) is 6.15. The zero-order valence-corrected chi connectivity index (χ0v) is 13.9. The average Bonchev–Trinajstić information content (AvgIpc) is 2.53. The Morgan fingerprint density at radius 1 is 1.43 bits per heavy atom. The van der Waals surface area contributed by atoms with Crippen LogP contribution >= 0.6 is 11.8 Å². The largest absolute Gasteiger partial charge is 0.465 e. The molecular formula is C17H18N2O3S. The predicted molar refractivity (Wildman–Crippen MR) is 88.4 cm³/mol. The van der Waals surface area contributed by atoms with Crippen molar-refractivity contribution in [1.29, 1.82) is 5.26 Å². The Morgan fingerprint density at radius 3 is 2.74 bits per heavy atom. The lowest BCUT2D eigenvalue weighted by Gasteiger charge is -2.25. The molecule has 0 spiro atoms. The molecule has 0 radical (unpaired) electrons. The number of carbonyl (C=O) groups is 2. The average molecular weight is 330 g/mol. The van der Waals surface area contributed by atoms with Gasteiger partial charge < -0.3 is 10.1 Å². The molecule has 0 aliphatic carbocycles. The number of esters is 1. The number of hydrogen-bond acceptors (Lipinski definition) is 5. The molecule has 1 aliphatic rings. The summed E-state index contributed by atoms with van der Waals surface area (Å²) in [5, 5.41) is 12.7. The van der Waals surface area contributed by atoms with Gasteiger partial charge in [0, 0.05) is 12.3 Å². The third-order valence-corrected chi connectivity index (χ3v) is 4.47. The van der Waals surface area contributed by atoms with Crippen molar-refractivity contribution >= 4 is 23.6 Å². The van der Waals surface area contributed by atoms with Gasteiger partial charge in [-0.2, -0.15) is 5.26 Å². The zero-order valence-electron chi connectivity index (χ0n) is 13.1. The number of thioether (sulfide) groups is 1. The monoisotopic (exact) mass is 330 g/mol. The Kier molecular flexibility index (Phi) is 5.83. The van der Waals surface area contributed by atoms with E-state index in [1.54, 1.807) is 6.92 Å². The summed E-state index contributed by atoms with van der Waals surface area (Å²) in [5.74, 6) is -0.733. The van der Waals surface area contributed by atoms with E-state index in [1.807, 2.05) is 31.2 Å². The lowest BCUT2D eigenvalue weighted by Crippen LogP contribution is -2.31. The summed E-state index contributed by atoms with van der Waals surface area (Å²) in [5.41, 5.74) is 2.53. The molecule has 1 aromatic carbocycles. The van der Waals surface area contributed by atoms with Gasteiger partial charge in [-0.1, -0.05) is 41.6 Å². The molecule has 0 bridgehead atoms. The summed E-state index contributed by atoms with van der Waals surface area (Å²) in [6, 6.07) is 9.97. The second kappa shape index (κ2) is 7.84. The van der Waals surface area contributed by atoms with E-state index >= 15 is 0 Å². The first-order chi connectivity index (χ1) is 11.0. The van der Waals surface area contributed by atoms with Crippen molar-refractivity contribution in [3.8, 4) is 6.07 Å². The van der Waals surface area contributed by atoms with Gasteiger partial charge >= 0.3 is 5.97 Å². The Hall–Kier alpha value is -2.26. The second-order valence-electron chi connectivity index (χ2n) is 5.16. The molecule has 1 atom stereocenters. The summed E-state index contributed by atoms with van der Waals surface area (Å²) in [6.07, 6.45) is 0.232. The number of aryl methyl sites for hydroxylation is 1. The maximum absolute atomic E-state index is 12.0. The summed E-state index contributed by atoms with van der Waals surface area (Å²) < 4.78 is 4.88. The van der Waals surface area contributed by atoms with E-state index in [9.17, 15) is 14.9 Å². The number of ether oxygens (including phenoxy) is 1. The minimum absolute atomic E-state index is 0.0647. The molecule has 120 valence electrons. The van der Waals surface area contributed by atoms with Gasteiger partial charge in [0.1, 0.15) is 0 Å². The zero-order chi connectivity index (χ0) is 16.8. The Bertz CT molecular complexity index is 674. The molecule has 1 unspecified atom stereocenters. The van der Waals surface area contributed by atoms with E-state index in [0.717, 1.165) is 22.9 Å². The number of carbonyl (C=O) groups excluding carboxylic acids is 2. The van der Waals surface area contributed by atoms with Crippen molar-refractivity contribution in [3.05, 3.63) is 46.0 Å². The quantitative estimate of drug-likeness (QED) is 0.840. The fourth-order valence-electron chi connectivity index (χ4n) is 2.35. The van der Waals surface area contributed by atoms with Crippen molar-refractivity contribution < 1.29 is 14.3 Å². The summed E-state index contributed by atoms with van der Waals surface area (Å²) in [7, 11) is 0. The van der Waals surface area contributed by atoms with Crippen LogP contribution in [0.5, 0.6) is 0 Å². The molecule has 23 heavy (non-hydrogen) atoms. The van der Waals surface area contributed by atoms with Crippen molar-refractivity contribution in [1.82, 2.24) is 5.32 Å². The molecule has 1 aromatic rings. The fraction of sp³-hybridized carbons (Fsp3) is 0.353. The van der Waals surface area contributed by atoms with Gasteiger partial charge in [0.05, 0.1) is 29.0 Å². The summed E-state index contributed by atoms with van der Waals surface area (Å²) in [6.45, 7) is 4.03. The first-order valence-corrected chi connectivity index (χ1v) is 8.32. The summed E-state index contributed by atoms with van der Waals surface area (Å²) in [4.78, 5) is 23.5. The first kappa shape index (κ1) is 17.1. The van der Waals surface area contributed by atoms with E-state index in [4.69, 9.17) is 4.74 Å². The van der Waals surface area contributed by atoms with Gasteiger partial charge in [-0.15, -0.1) is 0 Å². The third-order valence-electron chi connectivity index (χ3n) is 3.48. The van der Waals surface area contributed by atoms with Gasteiger partial charge in [-0.05, 0) is 19.4 Å². The minimum atomic E-state index is -0.367. The van der Waals surface area contributed by atoms with Crippen LogP contribution in [0.15, 0.2) is 34.9 Å². The van der Waals surface area contributed by atoms with Crippen LogP contribution in [0.3, 0.4) is 0 Å². The van der Waals surface area contributed by atoms with Crippen molar-refractivity contribution in [2.75, 3.05) is 12.4 Å². The number of rotatable bonds is 5. The van der Waals surface area contributed by atoms with Crippen molar-refractivity contribution in [3.63, 3.8) is 0 Å². The Labute approximate surface area is 139 Å². The Morgan fingerprint density at radius 2 is 2.13 bits per heavy atom. The van der Waals surface area contributed by atoms with E-state index < -0.39 is 0 Å².